The van der Waals surface area contributed by atoms with Gasteiger partial charge in [0.2, 0.25) is 0 Å². The molecule has 0 bridgehead atoms. The molecule has 0 atom stereocenters. The molecular formula is C14H20N2O. The molecule has 1 fully saturated rings. The Morgan fingerprint density at radius 1 is 1.18 bits per heavy atom. The summed E-state index contributed by atoms with van der Waals surface area (Å²) in [5, 5.41) is 6.82. The molecule has 3 heteroatoms. The van der Waals surface area contributed by atoms with Crippen molar-refractivity contribution < 1.29 is 4.74 Å². The van der Waals surface area contributed by atoms with Crippen LogP contribution in [0.3, 0.4) is 0 Å². The van der Waals surface area contributed by atoms with Crippen LogP contribution in [0.15, 0.2) is 18.2 Å². The van der Waals surface area contributed by atoms with Crippen LogP contribution in [0.25, 0.3) is 0 Å². The number of rotatable bonds is 2. The summed E-state index contributed by atoms with van der Waals surface area (Å²) in [5.74, 6) is 1.03. The van der Waals surface area contributed by atoms with Crippen molar-refractivity contribution in [2.45, 2.75) is 31.8 Å². The fourth-order valence-electron chi connectivity index (χ4n) is 2.72. The molecule has 92 valence electrons. The van der Waals surface area contributed by atoms with Crippen molar-refractivity contribution in [3.05, 3.63) is 23.8 Å². The molecule has 0 aromatic heterocycles. The van der Waals surface area contributed by atoms with Gasteiger partial charge in [-0.3, -0.25) is 0 Å². The fourth-order valence-corrected chi connectivity index (χ4v) is 2.72. The Bertz CT molecular complexity index is 411. The third-order valence-electron chi connectivity index (χ3n) is 3.83. The minimum absolute atomic E-state index is 0.00928. The molecule has 2 heterocycles. The summed E-state index contributed by atoms with van der Waals surface area (Å²) >= 11 is 0. The average molecular weight is 232 g/mol. The quantitative estimate of drug-likeness (QED) is 0.820. The second-order valence-corrected chi connectivity index (χ2v) is 5.27. The van der Waals surface area contributed by atoms with E-state index in [1.807, 2.05) is 0 Å². The molecule has 0 spiro atoms. The molecule has 0 aliphatic carbocycles. The minimum atomic E-state index is -0.00928. The topological polar surface area (TPSA) is 33.3 Å². The van der Waals surface area contributed by atoms with E-state index in [1.165, 1.54) is 11.3 Å². The van der Waals surface area contributed by atoms with Gasteiger partial charge in [0, 0.05) is 6.54 Å². The maximum absolute atomic E-state index is 6.28. The summed E-state index contributed by atoms with van der Waals surface area (Å²) in [5.41, 5.74) is 2.59. The zero-order valence-corrected chi connectivity index (χ0v) is 10.4. The lowest BCUT2D eigenvalue weighted by Crippen LogP contribution is -2.43. The van der Waals surface area contributed by atoms with Gasteiger partial charge in [0.05, 0.1) is 5.69 Å². The van der Waals surface area contributed by atoms with Crippen LogP contribution in [0.2, 0.25) is 0 Å². The minimum Gasteiger partial charge on any atom is -0.485 e. The molecule has 2 aliphatic heterocycles. The van der Waals surface area contributed by atoms with Crippen LogP contribution in [0.1, 0.15) is 25.3 Å². The van der Waals surface area contributed by atoms with E-state index in [9.17, 15) is 0 Å². The number of fused-ring (bicyclic) bond motifs is 1. The van der Waals surface area contributed by atoms with Gasteiger partial charge in [-0.1, -0.05) is 12.1 Å². The molecule has 1 aromatic rings. The predicted molar refractivity (Wildman–Crippen MR) is 69.8 cm³/mol. The molecule has 3 rings (SSSR count). The Balaban J connectivity index is 1.83. The number of piperidine rings is 1. The van der Waals surface area contributed by atoms with Gasteiger partial charge in [-0.2, -0.15) is 0 Å². The van der Waals surface area contributed by atoms with E-state index in [0.717, 1.165) is 44.6 Å². The second kappa shape index (κ2) is 4.22. The van der Waals surface area contributed by atoms with Crippen molar-refractivity contribution in [3.8, 4) is 5.75 Å². The van der Waals surface area contributed by atoms with Crippen LogP contribution in [0.4, 0.5) is 5.69 Å². The van der Waals surface area contributed by atoms with Gasteiger partial charge >= 0.3 is 0 Å². The average Bonchev–Trinajstić information content (AvgIpc) is 2.79. The molecule has 17 heavy (non-hydrogen) atoms. The molecule has 1 saturated heterocycles. The zero-order valence-electron chi connectivity index (χ0n) is 10.4. The van der Waals surface area contributed by atoms with E-state index in [1.54, 1.807) is 0 Å². The van der Waals surface area contributed by atoms with Crippen molar-refractivity contribution >= 4 is 5.69 Å². The molecule has 2 aliphatic rings. The lowest BCUT2D eigenvalue weighted by molar-refractivity contribution is 0.0563. The number of hydrogen-bond donors (Lipinski definition) is 2. The maximum Gasteiger partial charge on any atom is 0.143 e. The van der Waals surface area contributed by atoms with Gasteiger partial charge in [-0.05, 0) is 50.9 Å². The molecule has 0 saturated carbocycles. The number of hydrogen-bond acceptors (Lipinski definition) is 3. The zero-order chi connectivity index (χ0) is 11.7. The van der Waals surface area contributed by atoms with Crippen LogP contribution in [0, 0.1) is 0 Å². The largest absolute Gasteiger partial charge is 0.485 e. The highest BCUT2D eigenvalue weighted by molar-refractivity contribution is 5.65. The summed E-state index contributed by atoms with van der Waals surface area (Å²) in [7, 11) is 0. The van der Waals surface area contributed by atoms with E-state index in [-0.39, 0.29) is 5.60 Å². The molecule has 2 N–H and O–H groups in total. The Hall–Kier alpha value is -1.22. The summed E-state index contributed by atoms with van der Waals surface area (Å²) in [6, 6.07) is 6.38. The van der Waals surface area contributed by atoms with Crippen molar-refractivity contribution in [3.63, 3.8) is 0 Å². The van der Waals surface area contributed by atoms with Crippen molar-refractivity contribution in [2.75, 3.05) is 25.0 Å². The van der Waals surface area contributed by atoms with Crippen LogP contribution < -0.4 is 15.4 Å². The fraction of sp³-hybridized carbons (Fsp3) is 0.571. The number of nitrogens with one attached hydrogen (secondary N) is 2. The highest BCUT2D eigenvalue weighted by Crippen LogP contribution is 2.36. The Morgan fingerprint density at radius 2 is 2.00 bits per heavy atom. The number of benzene rings is 1. The molecule has 0 unspecified atom stereocenters. The van der Waals surface area contributed by atoms with Crippen LogP contribution >= 0.6 is 0 Å². The smallest absolute Gasteiger partial charge is 0.143 e. The Labute approximate surface area is 103 Å². The number of para-hydroxylation sites is 1. The van der Waals surface area contributed by atoms with E-state index >= 15 is 0 Å². The first-order chi connectivity index (χ1) is 8.27. The van der Waals surface area contributed by atoms with E-state index < -0.39 is 0 Å². The van der Waals surface area contributed by atoms with Gasteiger partial charge in [0.15, 0.2) is 0 Å². The van der Waals surface area contributed by atoms with E-state index in [4.69, 9.17) is 4.74 Å². The van der Waals surface area contributed by atoms with Crippen LogP contribution in [-0.2, 0) is 6.42 Å². The standard InChI is InChI=1S/C14H20N2O/c1-14(6-9-15-10-7-14)17-12-4-2-3-11-5-8-16-13(11)12/h2-4,15-16H,5-10H2,1H3. The number of anilines is 1. The summed E-state index contributed by atoms with van der Waals surface area (Å²) in [6.07, 6.45) is 3.28. The van der Waals surface area contributed by atoms with Gasteiger partial charge in [-0.15, -0.1) is 0 Å². The van der Waals surface area contributed by atoms with Gasteiger partial charge in [0.1, 0.15) is 11.4 Å². The normalized spacial score (nSPS) is 21.7. The predicted octanol–water partition coefficient (Wildman–Crippen LogP) is 2.18. The second-order valence-electron chi connectivity index (χ2n) is 5.27. The molecule has 3 nitrogen and oxygen atoms in total. The van der Waals surface area contributed by atoms with Crippen LogP contribution in [-0.4, -0.2) is 25.2 Å². The first kappa shape index (κ1) is 10.9. The van der Waals surface area contributed by atoms with Crippen molar-refractivity contribution in [2.24, 2.45) is 0 Å². The SMILES string of the molecule is CC1(Oc2cccc3c2NCC3)CCNCC1. The van der Waals surface area contributed by atoms with E-state index in [2.05, 4.69) is 35.8 Å². The molecular weight excluding hydrogens is 212 g/mol. The highest BCUT2D eigenvalue weighted by atomic mass is 16.5. The lowest BCUT2D eigenvalue weighted by atomic mass is 9.94. The first-order valence-corrected chi connectivity index (χ1v) is 6.52. The molecule has 1 aromatic carbocycles. The summed E-state index contributed by atoms with van der Waals surface area (Å²) in [4.78, 5) is 0. The third kappa shape index (κ3) is 2.12. The summed E-state index contributed by atoms with van der Waals surface area (Å²) in [6.45, 7) is 5.37. The summed E-state index contributed by atoms with van der Waals surface area (Å²) < 4.78 is 6.28. The lowest BCUT2D eigenvalue weighted by Gasteiger charge is -2.35. The van der Waals surface area contributed by atoms with Gasteiger partial charge in [0.25, 0.3) is 0 Å². The monoisotopic (exact) mass is 232 g/mol. The maximum atomic E-state index is 6.28. The highest BCUT2D eigenvalue weighted by Gasteiger charge is 2.30. The van der Waals surface area contributed by atoms with Crippen molar-refractivity contribution in [1.29, 1.82) is 0 Å². The van der Waals surface area contributed by atoms with Gasteiger partial charge < -0.3 is 15.4 Å². The third-order valence-corrected chi connectivity index (χ3v) is 3.83. The van der Waals surface area contributed by atoms with Gasteiger partial charge in [-0.25, -0.2) is 0 Å². The van der Waals surface area contributed by atoms with Crippen molar-refractivity contribution in [1.82, 2.24) is 5.32 Å². The Morgan fingerprint density at radius 3 is 2.82 bits per heavy atom. The Kier molecular flexibility index (Phi) is 2.71. The van der Waals surface area contributed by atoms with Crippen LogP contribution in [0.5, 0.6) is 5.75 Å². The molecule has 0 amide bonds. The van der Waals surface area contributed by atoms with E-state index in [0.29, 0.717) is 0 Å². The number of ether oxygens (including phenoxy) is 1. The first-order valence-electron chi connectivity index (χ1n) is 6.52. The molecule has 0 radical (unpaired) electrons.